The number of nitrogens with one attached hydrogen (secondary N) is 2. The van der Waals surface area contributed by atoms with Crippen molar-refractivity contribution in [3.8, 4) is 11.3 Å². The molecule has 0 saturated carbocycles. The van der Waals surface area contributed by atoms with Crippen LogP contribution in [-0.4, -0.2) is 16.8 Å². The second kappa shape index (κ2) is 9.37. The van der Waals surface area contributed by atoms with Crippen molar-refractivity contribution in [1.29, 1.82) is 0 Å². The minimum Gasteiger partial charge on any atom is -0.465 e. The second-order valence-electron chi connectivity index (χ2n) is 7.00. The van der Waals surface area contributed by atoms with E-state index in [0.29, 0.717) is 32.6 Å². The number of thiazole rings is 1. The minimum atomic E-state index is -0.536. The molecule has 32 heavy (non-hydrogen) atoms. The van der Waals surface area contributed by atoms with Gasteiger partial charge in [0.25, 0.3) is 0 Å². The Labute approximate surface area is 191 Å². The molecule has 0 atom stereocenters. The quantitative estimate of drug-likeness (QED) is 0.383. The molecule has 0 aliphatic carbocycles. The number of amides is 2. The molecule has 3 heterocycles. The van der Waals surface area contributed by atoms with Crippen molar-refractivity contribution in [2.24, 2.45) is 0 Å². The van der Waals surface area contributed by atoms with Crippen molar-refractivity contribution in [3.05, 3.63) is 68.7 Å². The van der Waals surface area contributed by atoms with Gasteiger partial charge in [-0.2, -0.15) is 0 Å². The summed E-state index contributed by atoms with van der Waals surface area (Å²) in [5, 5.41) is 8.51. The molecule has 2 amide bonds. The van der Waals surface area contributed by atoms with Crippen LogP contribution in [0.25, 0.3) is 22.2 Å². The molecule has 0 unspecified atom stereocenters. The summed E-state index contributed by atoms with van der Waals surface area (Å²) < 4.78 is 10.7. The smallest absolute Gasteiger partial charge is 0.345 e. The number of benzene rings is 1. The van der Waals surface area contributed by atoms with Crippen molar-refractivity contribution in [2.45, 2.75) is 26.3 Å². The summed E-state index contributed by atoms with van der Waals surface area (Å²) in [4.78, 5) is 40.7. The van der Waals surface area contributed by atoms with Gasteiger partial charge < -0.3 is 19.5 Å². The SMILES string of the molecule is Cc1ccc(CNC(=O)CCC(=O)Nc2nc(-c3cc4cc(Cl)ccc4oc3=O)cs2)o1. The van der Waals surface area contributed by atoms with Crippen molar-refractivity contribution < 1.29 is 18.4 Å². The van der Waals surface area contributed by atoms with Gasteiger partial charge in [-0.15, -0.1) is 11.3 Å². The number of carbonyl (C=O) groups is 2. The van der Waals surface area contributed by atoms with Crippen LogP contribution in [0.1, 0.15) is 24.4 Å². The largest absolute Gasteiger partial charge is 0.465 e. The van der Waals surface area contributed by atoms with Crippen LogP contribution in [0.4, 0.5) is 5.13 Å². The first kappa shape index (κ1) is 21.8. The summed E-state index contributed by atoms with van der Waals surface area (Å²) in [5.74, 6) is 0.798. The number of aryl methyl sites for hydroxylation is 1. The van der Waals surface area contributed by atoms with Gasteiger partial charge in [0.2, 0.25) is 11.8 Å². The Morgan fingerprint density at radius 1 is 1.09 bits per heavy atom. The molecular weight excluding hydrogens is 454 g/mol. The molecule has 164 valence electrons. The first-order valence-electron chi connectivity index (χ1n) is 9.68. The number of carbonyl (C=O) groups excluding carboxylic acids is 2. The molecule has 4 rings (SSSR count). The van der Waals surface area contributed by atoms with Gasteiger partial charge in [-0.05, 0) is 43.3 Å². The third kappa shape index (κ3) is 5.24. The zero-order valence-corrected chi connectivity index (χ0v) is 18.5. The highest BCUT2D eigenvalue weighted by atomic mass is 35.5. The Morgan fingerprint density at radius 2 is 1.91 bits per heavy atom. The fourth-order valence-electron chi connectivity index (χ4n) is 2.99. The maximum atomic E-state index is 12.3. The summed E-state index contributed by atoms with van der Waals surface area (Å²) in [6, 6.07) is 10.2. The second-order valence-corrected chi connectivity index (χ2v) is 8.30. The molecular formula is C22H18ClN3O5S. The predicted molar refractivity (Wildman–Crippen MR) is 122 cm³/mol. The molecule has 8 nitrogen and oxygen atoms in total. The average molecular weight is 472 g/mol. The summed E-state index contributed by atoms with van der Waals surface area (Å²) >= 11 is 7.18. The lowest BCUT2D eigenvalue weighted by Gasteiger charge is -2.04. The third-order valence-electron chi connectivity index (χ3n) is 4.56. The van der Waals surface area contributed by atoms with Crippen LogP contribution in [0.5, 0.6) is 0 Å². The van der Waals surface area contributed by atoms with Gasteiger partial charge in [-0.25, -0.2) is 9.78 Å². The van der Waals surface area contributed by atoms with Gasteiger partial charge in [0.15, 0.2) is 5.13 Å². The molecule has 10 heteroatoms. The molecule has 0 bridgehead atoms. The van der Waals surface area contributed by atoms with E-state index in [2.05, 4.69) is 15.6 Å². The Kier molecular flexibility index (Phi) is 6.38. The molecule has 4 aromatic rings. The maximum absolute atomic E-state index is 12.3. The molecule has 0 aliphatic heterocycles. The number of nitrogens with zero attached hydrogens (tertiary/aromatic N) is 1. The normalized spacial score (nSPS) is 10.9. The molecule has 2 N–H and O–H groups in total. The lowest BCUT2D eigenvalue weighted by molar-refractivity contribution is -0.124. The molecule has 1 aromatic carbocycles. The molecule has 0 spiro atoms. The zero-order chi connectivity index (χ0) is 22.7. The van der Waals surface area contributed by atoms with Crippen molar-refractivity contribution in [2.75, 3.05) is 5.32 Å². The first-order valence-corrected chi connectivity index (χ1v) is 10.9. The first-order chi connectivity index (χ1) is 15.4. The number of halogens is 1. The molecule has 0 saturated heterocycles. The van der Waals surface area contributed by atoms with Gasteiger partial charge in [0.1, 0.15) is 17.1 Å². The number of aromatic nitrogens is 1. The Morgan fingerprint density at radius 3 is 2.69 bits per heavy atom. The van der Waals surface area contributed by atoms with Crippen LogP contribution in [0, 0.1) is 6.92 Å². The fraction of sp³-hybridized carbons (Fsp3) is 0.182. The van der Waals surface area contributed by atoms with Gasteiger partial charge in [0, 0.05) is 28.6 Å². The Bertz CT molecular complexity index is 1360. The highest BCUT2D eigenvalue weighted by molar-refractivity contribution is 7.14. The Balaban J connectivity index is 1.34. The molecule has 0 fully saturated rings. The van der Waals surface area contributed by atoms with E-state index in [9.17, 15) is 14.4 Å². The van der Waals surface area contributed by atoms with Crippen LogP contribution in [0.3, 0.4) is 0 Å². The summed E-state index contributed by atoms with van der Waals surface area (Å²) in [6.45, 7) is 2.09. The number of hydrogen-bond donors (Lipinski definition) is 2. The van der Waals surface area contributed by atoms with Gasteiger partial charge in [-0.3, -0.25) is 9.59 Å². The number of rotatable bonds is 7. The highest BCUT2D eigenvalue weighted by Crippen LogP contribution is 2.26. The minimum absolute atomic E-state index is 0.00541. The van der Waals surface area contributed by atoms with E-state index in [0.717, 1.165) is 5.76 Å². The Hall–Kier alpha value is -3.43. The fourth-order valence-corrected chi connectivity index (χ4v) is 3.90. The standard InChI is InChI=1S/C22H18ClN3O5S/c1-12-2-4-15(30-12)10-24-19(27)6-7-20(28)26-22-25-17(11-32-22)16-9-13-8-14(23)3-5-18(13)31-21(16)29/h2-5,8-9,11H,6-7,10H2,1H3,(H,24,27)(H,25,26,28). The van der Waals surface area contributed by atoms with Crippen LogP contribution in [0.2, 0.25) is 5.02 Å². The lowest BCUT2D eigenvalue weighted by Crippen LogP contribution is -2.24. The van der Waals surface area contributed by atoms with E-state index in [1.54, 1.807) is 35.7 Å². The highest BCUT2D eigenvalue weighted by Gasteiger charge is 2.14. The van der Waals surface area contributed by atoms with Crippen molar-refractivity contribution in [1.82, 2.24) is 10.3 Å². The van der Waals surface area contributed by atoms with E-state index < -0.39 is 5.63 Å². The van der Waals surface area contributed by atoms with Crippen molar-refractivity contribution >= 4 is 50.9 Å². The zero-order valence-electron chi connectivity index (χ0n) is 16.9. The third-order valence-corrected chi connectivity index (χ3v) is 5.55. The number of anilines is 1. The lowest BCUT2D eigenvalue weighted by atomic mass is 10.1. The summed E-state index contributed by atoms with van der Waals surface area (Å²) in [5.41, 5.74) is 0.537. The van der Waals surface area contributed by atoms with Crippen LogP contribution in [-0.2, 0) is 16.1 Å². The predicted octanol–water partition coefficient (Wildman–Crippen LogP) is 4.51. The molecule has 3 aromatic heterocycles. The van der Waals surface area contributed by atoms with Crippen LogP contribution < -0.4 is 16.3 Å². The number of hydrogen-bond acceptors (Lipinski definition) is 7. The van der Waals surface area contributed by atoms with Gasteiger partial charge in [0.05, 0.1) is 17.8 Å². The number of fused-ring (bicyclic) bond motifs is 1. The average Bonchev–Trinajstić information content (AvgIpc) is 3.39. The topological polar surface area (TPSA) is 114 Å². The van der Waals surface area contributed by atoms with E-state index in [4.69, 9.17) is 20.4 Å². The van der Waals surface area contributed by atoms with Crippen LogP contribution in [0.15, 0.2) is 55.4 Å². The van der Waals surface area contributed by atoms with Crippen molar-refractivity contribution in [3.63, 3.8) is 0 Å². The van der Waals surface area contributed by atoms with Gasteiger partial charge >= 0.3 is 5.63 Å². The van der Waals surface area contributed by atoms with Gasteiger partial charge in [-0.1, -0.05) is 11.6 Å². The number of furan rings is 1. The summed E-state index contributed by atoms with van der Waals surface area (Å²) in [7, 11) is 0. The monoisotopic (exact) mass is 471 g/mol. The van der Waals surface area contributed by atoms with E-state index in [1.807, 2.05) is 13.0 Å². The van der Waals surface area contributed by atoms with E-state index in [1.165, 1.54) is 11.3 Å². The maximum Gasteiger partial charge on any atom is 0.345 e. The van der Waals surface area contributed by atoms with E-state index >= 15 is 0 Å². The molecule has 0 aliphatic rings. The summed E-state index contributed by atoms with van der Waals surface area (Å²) in [6.07, 6.45) is 0.0212. The molecule has 0 radical (unpaired) electrons. The van der Waals surface area contributed by atoms with Crippen LogP contribution >= 0.6 is 22.9 Å². The van der Waals surface area contributed by atoms with E-state index in [-0.39, 0.29) is 36.8 Å².